The number of nitrogens with zero attached hydrogens (tertiary/aromatic N) is 2. The van der Waals surface area contributed by atoms with Crippen molar-refractivity contribution in [1.29, 1.82) is 0 Å². The van der Waals surface area contributed by atoms with Crippen LogP contribution in [0.25, 0.3) is 0 Å². The third-order valence-corrected chi connectivity index (χ3v) is 2.46. The van der Waals surface area contributed by atoms with Gasteiger partial charge in [0.05, 0.1) is 5.60 Å². The van der Waals surface area contributed by atoms with Crippen molar-refractivity contribution in [3.63, 3.8) is 0 Å². The lowest BCUT2D eigenvalue weighted by Crippen LogP contribution is -2.33. The highest BCUT2D eigenvalue weighted by atomic mass is 16.3. The number of nitrogens with one attached hydrogen (secondary N) is 2. The largest absolute Gasteiger partial charge is 0.388 e. The van der Waals surface area contributed by atoms with Gasteiger partial charge in [0.1, 0.15) is 18.0 Å². The van der Waals surface area contributed by atoms with Crippen molar-refractivity contribution in [3.05, 3.63) is 12.4 Å². The van der Waals surface area contributed by atoms with Gasteiger partial charge in [0.15, 0.2) is 0 Å². The molecule has 3 N–H and O–H groups in total. The molecule has 0 aliphatic heterocycles. The van der Waals surface area contributed by atoms with Gasteiger partial charge in [0, 0.05) is 19.2 Å². The fourth-order valence-electron chi connectivity index (χ4n) is 1.64. The molecule has 1 rings (SSSR count). The molecule has 1 aromatic heterocycles. The summed E-state index contributed by atoms with van der Waals surface area (Å²) in [6, 6.07) is 1.84. The molecule has 5 nitrogen and oxygen atoms in total. The van der Waals surface area contributed by atoms with E-state index in [1.165, 1.54) is 6.33 Å². The zero-order valence-corrected chi connectivity index (χ0v) is 10.8. The lowest BCUT2D eigenvalue weighted by atomic mass is 10.0. The summed E-state index contributed by atoms with van der Waals surface area (Å²) in [6.45, 7) is 7.22. The van der Waals surface area contributed by atoms with E-state index >= 15 is 0 Å². The van der Waals surface area contributed by atoms with E-state index in [1.807, 2.05) is 19.9 Å². The van der Waals surface area contributed by atoms with Crippen LogP contribution < -0.4 is 10.6 Å². The smallest absolute Gasteiger partial charge is 0.131 e. The third kappa shape index (κ3) is 4.99. The summed E-state index contributed by atoms with van der Waals surface area (Å²) in [5.41, 5.74) is -0.696. The average Bonchev–Trinajstić information content (AvgIpc) is 2.28. The molecule has 1 heterocycles. The van der Waals surface area contributed by atoms with Crippen LogP contribution in [0.1, 0.15) is 33.6 Å². The second-order valence-electron chi connectivity index (χ2n) is 4.42. The van der Waals surface area contributed by atoms with E-state index < -0.39 is 5.60 Å². The van der Waals surface area contributed by atoms with Crippen molar-refractivity contribution in [1.82, 2.24) is 9.97 Å². The molecule has 0 aromatic carbocycles. The Bertz CT molecular complexity index is 341. The summed E-state index contributed by atoms with van der Waals surface area (Å²) in [5.74, 6) is 1.52. The van der Waals surface area contributed by atoms with Crippen LogP contribution in [0.15, 0.2) is 12.4 Å². The summed E-state index contributed by atoms with van der Waals surface area (Å²) in [4.78, 5) is 8.20. The third-order valence-electron chi connectivity index (χ3n) is 2.46. The molecule has 0 fully saturated rings. The number of hydrogen-bond acceptors (Lipinski definition) is 5. The van der Waals surface area contributed by atoms with E-state index in [0.29, 0.717) is 6.54 Å². The first kappa shape index (κ1) is 13.7. The average molecular weight is 238 g/mol. The molecule has 0 spiro atoms. The first-order chi connectivity index (χ1) is 8.07. The maximum atomic E-state index is 10.0. The van der Waals surface area contributed by atoms with Gasteiger partial charge in [-0.2, -0.15) is 0 Å². The van der Waals surface area contributed by atoms with Gasteiger partial charge in [0.25, 0.3) is 0 Å². The monoisotopic (exact) mass is 238 g/mol. The summed E-state index contributed by atoms with van der Waals surface area (Å²) in [6.07, 6.45) is 3.24. The number of rotatable bonds is 7. The number of hydrogen-bond donors (Lipinski definition) is 3. The number of aromatic nitrogens is 2. The lowest BCUT2D eigenvalue weighted by molar-refractivity contribution is 0.0636. The Hall–Kier alpha value is -1.36. The molecular formula is C12H22N4O. The normalized spacial score (nSPS) is 14.1. The van der Waals surface area contributed by atoms with Crippen molar-refractivity contribution in [2.45, 2.75) is 39.2 Å². The van der Waals surface area contributed by atoms with E-state index in [4.69, 9.17) is 0 Å². The molecule has 0 radical (unpaired) electrons. The highest BCUT2D eigenvalue weighted by Gasteiger charge is 2.18. The molecule has 1 aromatic rings. The molecule has 0 saturated heterocycles. The fraction of sp³-hybridized carbons (Fsp3) is 0.667. The number of aliphatic hydroxyl groups is 1. The van der Waals surface area contributed by atoms with Gasteiger partial charge in [-0.05, 0) is 20.3 Å². The van der Waals surface area contributed by atoms with Crippen molar-refractivity contribution in [2.75, 3.05) is 23.7 Å². The van der Waals surface area contributed by atoms with Crippen LogP contribution in [0.4, 0.5) is 11.6 Å². The van der Waals surface area contributed by atoms with Gasteiger partial charge < -0.3 is 15.7 Å². The van der Waals surface area contributed by atoms with Gasteiger partial charge in [-0.15, -0.1) is 0 Å². The molecule has 0 saturated carbocycles. The fourth-order valence-corrected chi connectivity index (χ4v) is 1.64. The Labute approximate surface area is 103 Å². The van der Waals surface area contributed by atoms with E-state index in [-0.39, 0.29) is 0 Å². The Kier molecular flexibility index (Phi) is 5.15. The Morgan fingerprint density at radius 2 is 1.88 bits per heavy atom. The van der Waals surface area contributed by atoms with Gasteiger partial charge in [-0.25, -0.2) is 9.97 Å². The highest BCUT2D eigenvalue weighted by molar-refractivity contribution is 5.46. The van der Waals surface area contributed by atoms with Gasteiger partial charge in [0.2, 0.25) is 0 Å². The molecule has 0 aliphatic rings. The Morgan fingerprint density at radius 1 is 1.24 bits per heavy atom. The van der Waals surface area contributed by atoms with Gasteiger partial charge >= 0.3 is 0 Å². The van der Waals surface area contributed by atoms with Crippen LogP contribution >= 0.6 is 0 Å². The van der Waals surface area contributed by atoms with E-state index in [0.717, 1.165) is 31.0 Å². The molecule has 1 atom stereocenters. The van der Waals surface area contributed by atoms with Gasteiger partial charge in [-0.3, -0.25) is 0 Å². The van der Waals surface area contributed by atoms with Crippen LogP contribution in [0.5, 0.6) is 0 Å². The van der Waals surface area contributed by atoms with Crippen LogP contribution in [0.3, 0.4) is 0 Å². The molecule has 5 heteroatoms. The summed E-state index contributed by atoms with van der Waals surface area (Å²) in [5, 5.41) is 16.3. The second-order valence-corrected chi connectivity index (χ2v) is 4.42. The second kappa shape index (κ2) is 6.39. The number of anilines is 2. The minimum absolute atomic E-state index is 0.490. The highest BCUT2D eigenvalue weighted by Crippen LogP contribution is 2.14. The molecular weight excluding hydrogens is 216 g/mol. The van der Waals surface area contributed by atoms with Crippen LogP contribution in [-0.4, -0.2) is 33.8 Å². The predicted octanol–water partition coefficient (Wildman–Crippen LogP) is 1.87. The van der Waals surface area contributed by atoms with Crippen molar-refractivity contribution in [2.24, 2.45) is 0 Å². The molecule has 0 amide bonds. The SMILES string of the molecule is CCCC(C)(O)CNc1cc(NCC)ncn1. The minimum atomic E-state index is -0.696. The molecule has 17 heavy (non-hydrogen) atoms. The molecule has 1 unspecified atom stereocenters. The van der Waals surface area contributed by atoms with Crippen LogP contribution in [0.2, 0.25) is 0 Å². The summed E-state index contributed by atoms with van der Waals surface area (Å²) < 4.78 is 0. The van der Waals surface area contributed by atoms with Gasteiger partial charge in [-0.1, -0.05) is 13.3 Å². The molecule has 96 valence electrons. The van der Waals surface area contributed by atoms with E-state index in [1.54, 1.807) is 0 Å². The van der Waals surface area contributed by atoms with Crippen LogP contribution in [0, 0.1) is 0 Å². The Morgan fingerprint density at radius 3 is 2.47 bits per heavy atom. The Balaban J connectivity index is 2.53. The van der Waals surface area contributed by atoms with E-state index in [9.17, 15) is 5.11 Å². The predicted molar refractivity (Wildman–Crippen MR) is 70.2 cm³/mol. The zero-order chi connectivity index (χ0) is 12.7. The quantitative estimate of drug-likeness (QED) is 0.676. The van der Waals surface area contributed by atoms with Crippen molar-refractivity contribution < 1.29 is 5.11 Å². The lowest BCUT2D eigenvalue weighted by Gasteiger charge is -2.23. The van der Waals surface area contributed by atoms with E-state index in [2.05, 4.69) is 27.5 Å². The molecule has 0 aliphatic carbocycles. The standard InChI is InChI=1S/C12H22N4O/c1-4-6-12(3,17)8-14-11-7-10(13-5-2)15-9-16-11/h7,9,17H,4-6,8H2,1-3H3,(H2,13,14,15,16). The topological polar surface area (TPSA) is 70.1 Å². The maximum absolute atomic E-state index is 10.0. The summed E-state index contributed by atoms with van der Waals surface area (Å²) in [7, 11) is 0. The van der Waals surface area contributed by atoms with Crippen LogP contribution in [-0.2, 0) is 0 Å². The summed E-state index contributed by atoms with van der Waals surface area (Å²) >= 11 is 0. The maximum Gasteiger partial charge on any atom is 0.131 e. The molecule has 0 bridgehead atoms. The zero-order valence-electron chi connectivity index (χ0n) is 10.8. The first-order valence-electron chi connectivity index (χ1n) is 6.09. The van der Waals surface area contributed by atoms with Crippen molar-refractivity contribution >= 4 is 11.6 Å². The minimum Gasteiger partial charge on any atom is -0.388 e. The first-order valence-corrected chi connectivity index (χ1v) is 6.09. The van der Waals surface area contributed by atoms with Crippen molar-refractivity contribution in [3.8, 4) is 0 Å².